The minimum Gasteiger partial charge on any atom is -0.433 e. The van der Waals surface area contributed by atoms with E-state index in [1.165, 1.54) is 22.9 Å². The molecule has 8 nitrogen and oxygen atoms in total. The maximum atomic E-state index is 13.5. The van der Waals surface area contributed by atoms with Crippen LogP contribution >= 0.6 is 9.24 Å². The maximum absolute atomic E-state index is 13.5. The van der Waals surface area contributed by atoms with Gasteiger partial charge in [-0.15, -0.1) is 14.3 Å². The first-order chi connectivity index (χ1) is 17.2. The van der Waals surface area contributed by atoms with Crippen molar-refractivity contribution in [2.75, 3.05) is 11.9 Å². The van der Waals surface area contributed by atoms with Gasteiger partial charge in [0.05, 0.1) is 23.5 Å². The lowest BCUT2D eigenvalue weighted by Gasteiger charge is -2.15. The monoisotopic (exact) mass is 541 g/mol. The molecule has 0 spiro atoms. The third kappa shape index (κ3) is 6.04. The average molecular weight is 541 g/mol. The first kappa shape index (κ1) is 26.5. The van der Waals surface area contributed by atoms with Crippen molar-refractivity contribution in [2.24, 2.45) is 11.8 Å². The highest BCUT2D eigenvalue weighted by Gasteiger charge is 2.36. The molecule has 0 bridgehead atoms. The molecule has 2 N–H and O–H groups in total. The van der Waals surface area contributed by atoms with Gasteiger partial charge in [-0.05, 0) is 35.6 Å². The molecule has 14 heteroatoms. The van der Waals surface area contributed by atoms with Gasteiger partial charge in [0.1, 0.15) is 11.4 Å². The molecule has 1 aromatic carbocycles. The molecule has 1 aliphatic rings. The Kier molecular flexibility index (Phi) is 6.93. The van der Waals surface area contributed by atoms with Crippen molar-refractivity contribution in [1.82, 2.24) is 20.1 Å². The van der Waals surface area contributed by atoms with Gasteiger partial charge >= 0.3 is 12.3 Å². The normalized spacial score (nSPS) is 18.0. The maximum Gasteiger partial charge on any atom is 0.433 e. The highest BCUT2D eigenvalue weighted by Crippen LogP contribution is 2.32. The summed E-state index contributed by atoms with van der Waals surface area (Å²) in [6.45, 7) is 2.33. The van der Waals surface area contributed by atoms with E-state index in [4.69, 9.17) is 0 Å². The molecule has 1 fully saturated rings. The zero-order valence-corrected chi connectivity index (χ0v) is 20.6. The topological polar surface area (TPSA) is 98.1 Å². The van der Waals surface area contributed by atoms with Crippen molar-refractivity contribution in [1.29, 1.82) is 0 Å². The number of benzene rings is 1. The van der Waals surface area contributed by atoms with Crippen LogP contribution in [0.25, 0.3) is 16.9 Å². The molecule has 3 atom stereocenters. The van der Waals surface area contributed by atoms with Crippen LogP contribution in [0.4, 0.5) is 27.8 Å². The minimum absolute atomic E-state index is 0.0314. The summed E-state index contributed by atoms with van der Waals surface area (Å²) in [5, 5.41) is 10.00. The van der Waals surface area contributed by atoms with Crippen LogP contribution in [0.5, 0.6) is 5.75 Å². The molecule has 196 valence electrons. The number of hydrogen-bond acceptors (Lipinski definition) is 5. The average Bonchev–Trinajstić information content (AvgIpc) is 3.35. The highest BCUT2D eigenvalue weighted by atomic mass is 31.0. The number of alkyl halides is 5. The smallest absolute Gasteiger partial charge is 0.433 e. The summed E-state index contributed by atoms with van der Waals surface area (Å²) in [7, 11) is 2.35. The number of nitrogens with zero attached hydrogens (tertiary/aromatic N) is 3. The fourth-order valence-electron chi connectivity index (χ4n) is 3.83. The number of amides is 2. The largest absolute Gasteiger partial charge is 0.433 e. The quantitative estimate of drug-likeness (QED) is 0.366. The fourth-order valence-corrected chi connectivity index (χ4v) is 4.17. The van der Waals surface area contributed by atoms with Crippen LogP contribution in [-0.4, -0.2) is 39.2 Å². The van der Waals surface area contributed by atoms with Gasteiger partial charge in [0.2, 0.25) is 11.8 Å². The molecule has 1 aliphatic heterocycles. The molecule has 2 amide bonds. The van der Waals surface area contributed by atoms with Crippen LogP contribution in [-0.2, 0) is 15.8 Å². The van der Waals surface area contributed by atoms with Crippen LogP contribution in [0, 0.1) is 11.8 Å². The number of carbonyl (C=O) groups excluding carboxylic acids is 2. The van der Waals surface area contributed by atoms with Crippen LogP contribution in [0.15, 0.2) is 42.6 Å². The lowest BCUT2D eigenvalue weighted by atomic mass is 9.97. The van der Waals surface area contributed by atoms with Gasteiger partial charge in [-0.3, -0.25) is 9.59 Å². The van der Waals surface area contributed by atoms with Crippen LogP contribution < -0.4 is 20.7 Å². The molecule has 0 radical (unpaired) electrons. The summed E-state index contributed by atoms with van der Waals surface area (Å²) in [6, 6.07) is 7.61. The van der Waals surface area contributed by atoms with E-state index in [-0.39, 0.29) is 35.4 Å². The van der Waals surface area contributed by atoms with E-state index in [1.807, 2.05) is 0 Å². The van der Waals surface area contributed by atoms with Crippen LogP contribution in [0.1, 0.15) is 19.5 Å². The number of anilines is 1. The van der Waals surface area contributed by atoms with Crippen molar-refractivity contribution >= 4 is 32.2 Å². The lowest BCUT2D eigenvalue weighted by molar-refractivity contribution is -0.158. The summed E-state index contributed by atoms with van der Waals surface area (Å²) in [5.74, 6) is -2.10. The zero-order valence-electron chi connectivity index (χ0n) is 19.4. The fraction of sp³-hybridized carbons (Fsp3) is 0.304. The molecule has 37 heavy (non-hydrogen) atoms. The number of carbonyl (C=O) groups is 2. The molecule has 3 aromatic rings. The van der Waals surface area contributed by atoms with Gasteiger partial charge < -0.3 is 15.4 Å². The Bertz CT molecular complexity index is 1340. The molecule has 0 aliphatic carbocycles. The van der Waals surface area contributed by atoms with E-state index in [0.29, 0.717) is 17.8 Å². The summed E-state index contributed by atoms with van der Waals surface area (Å²) in [6.07, 6.45) is -7.16. The van der Waals surface area contributed by atoms with E-state index in [2.05, 4.69) is 34.7 Å². The Morgan fingerprint density at radius 1 is 1.19 bits per heavy atom. The van der Waals surface area contributed by atoms with Crippen molar-refractivity contribution in [3.05, 3.63) is 48.3 Å². The molecule has 1 unspecified atom stereocenters. The number of ether oxygens (including phenoxy) is 1. The number of aromatic nitrogens is 3. The van der Waals surface area contributed by atoms with Crippen molar-refractivity contribution < 1.29 is 36.3 Å². The number of nitrogens with one attached hydrogen (secondary N) is 2. The predicted molar refractivity (Wildman–Crippen MR) is 127 cm³/mol. The van der Waals surface area contributed by atoms with E-state index in [9.17, 15) is 31.5 Å². The van der Waals surface area contributed by atoms with Crippen molar-refractivity contribution in [3.63, 3.8) is 0 Å². The Balaban J connectivity index is 1.76. The van der Waals surface area contributed by atoms with E-state index in [0.717, 1.165) is 18.3 Å². The Morgan fingerprint density at radius 2 is 1.92 bits per heavy atom. The second-order valence-electron chi connectivity index (χ2n) is 8.56. The SMILES string of the molecule is C[C@H]1C(=O)NC[C@@H]1C(=O)Nc1cc(-c2cc(P)cc(OC(C)(F)F)c2)n(-c2ccc(C(F)(F)F)nc2)n1. The summed E-state index contributed by atoms with van der Waals surface area (Å²) in [4.78, 5) is 28.0. The molecule has 0 saturated carbocycles. The minimum atomic E-state index is -4.65. The Labute approximate surface area is 209 Å². The number of hydrogen-bond donors (Lipinski definition) is 2. The Morgan fingerprint density at radius 3 is 2.49 bits per heavy atom. The number of halogens is 5. The van der Waals surface area contributed by atoms with Crippen molar-refractivity contribution in [3.8, 4) is 22.7 Å². The van der Waals surface area contributed by atoms with Gasteiger partial charge in [-0.25, -0.2) is 9.67 Å². The van der Waals surface area contributed by atoms with Gasteiger partial charge in [0, 0.05) is 31.0 Å². The van der Waals surface area contributed by atoms with E-state index >= 15 is 0 Å². The van der Waals surface area contributed by atoms with Crippen LogP contribution in [0.3, 0.4) is 0 Å². The highest BCUT2D eigenvalue weighted by molar-refractivity contribution is 7.27. The first-order valence-electron chi connectivity index (χ1n) is 10.9. The van der Waals surface area contributed by atoms with E-state index < -0.39 is 35.7 Å². The molecule has 3 heterocycles. The molecular formula is C23H21F5N5O3P. The Hall–Kier alpha value is -3.60. The number of pyridine rings is 1. The predicted octanol–water partition coefficient (Wildman–Crippen LogP) is 3.77. The second kappa shape index (κ2) is 9.70. The molecule has 2 aromatic heterocycles. The second-order valence-corrected chi connectivity index (χ2v) is 9.22. The molecular weight excluding hydrogens is 520 g/mol. The van der Waals surface area contributed by atoms with Crippen molar-refractivity contribution in [2.45, 2.75) is 26.1 Å². The molecule has 4 rings (SSSR count). The van der Waals surface area contributed by atoms with Gasteiger partial charge in [0.25, 0.3) is 0 Å². The van der Waals surface area contributed by atoms with Gasteiger partial charge in [-0.1, -0.05) is 6.92 Å². The van der Waals surface area contributed by atoms with Crippen LogP contribution in [0.2, 0.25) is 0 Å². The molecule has 1 saturated heterocycles. The standard InChI is InChI=1S/C23H21F5N5O3P/c1-11-16(10-30-20(11)34)21(35)31-19-8-17(12-5-14(7-15(37)6-12)36-22(2,24)25)33(32-19)13-3-4-18(29-9-13)23(26,27)28/h3-9,11,16H,10,37H2,1-2H3,(H,30,34)(H,31,32,35)/t11-,16+/m1/s1. The summed E-state index contributed by atoms with van der Waals surface area (Å²) in [5.41, 5.74) is -0.421. The summed E-state index contributed by atoms with van der Waals surface area (Å²) < 4.78 is 71.9. The lowest BCUT2D eigenvalue weighted by Crippen LogP contribution is -2.28. The van der Waals surface area contributed by atoms with E-state index in [1.54, 1.807) is 13.0 Å². The zero-order chi connectivity index (χ0) is 27.1. The van der Waals surface area contributed by atoms with Gasteiger partial charge in [0.15, 0.2) is 5.82 Å². The third-order valence-corrected chi connectivity index (χ3v) is 5.95. The number of rotatable bonds is 6. The third-order valence-electron chi connectivity index (χ3n) is 5.62. The van der Waals surface area contributed by atoms with Gasteiger partial charge in [-0.2, -0.15) is 22.0 Å². The summed E-state index contributed by atoms with van der Waals surface area (Å²) >= 11 is 0. The first-order valence-corrected chi connectivity index (χ1v) is 11.5.